The number of nitro groups is 1. The molecule has 2 rings (SSSR count). The van der Waals surface area contributed by atoms with E-state index in [4.69, 9.17) is 4.74 Å². The summed E-state index contributed by atoms with van der Waals surface area (Å²) in [6, 6.07) is 4.04. The molecule has 7 nitrogen and oxygen atoms in total. The molecule has 1 saturated heterocycles. The van der Waals surface area contributed by atoms with Gasteiger partial charge in [0.15, 0.2) is 9.84 Å². The van der Waals surface area contributed by atoms with E-state index in [-0.39, 0.29) is 10.6 Å². The van der Waals surface area contributed by atoms with Crippen molar-refractivity contribution in [2.45, 2.75) is 36.8 Å². The summed E-state index contributed by atoms with van der Waals surface area (Å²) in [4.78, 5) is 10.7. The average Bonchev–Trinajstić information content (AvgIpc) is 2.53. The fraction of sp³-hybridized carbons (Fsp3) is 0.600. The van der Waals surface area contributed by atoms with E-state index in [1.807, 2.05) is 0 Å². The fourth-order valence-corrected chi connectivity index (χ4v) is 3.54. The molecule has 23 heavy (non-hydrogen) atoms. The van der Waals surface area contributed by atoms with Gasteiger partial charge in [-0.1, -0.05) is 0 Å². The fourth-order valence-electron chi connectivity index (χ4n) is 2.47. The minimum atomic E-state index is -3.53. The zero-order valence-corrected chi connectivity index (χ0v) is 14.1. The van der Waals surface area contributed by atoms with Crippen molar-refractivity contribution in [1.29, 1.82) is 0 Å². The van der Waals surface area contributed by atoms with Gasteiger partial charge in [-0.2, -0.15) is 0 Å². The van der Waals surface area contributed by atoms with Gasteiger partial charge in [0.05, 0.1) is 15.1 Å². The number of anilines is 1. The van der Waals surface area contributed by atoms with Gasteiger partial charge >= 0.3 is 0 Å². The van der Waals surface area contributed by atoms with Gasteiger partial charge in [0.25, 0.3) is 5.69 Å². The molecule has 0 saturated carbocycles. The Morgan fingerprint density at radius 2 is 2.00 bits per heavy atom. The van der Waals surface area contributed by atoms with E-state index >= 15 is 0 Å². The van der Waals surface area contributed by atoms with Gasteiger partial charge in [-0.25, -0.2) is 8.42 Å². The number of hydrogen-bond donors (Lipinski definition) is 1. The first-order valence-electron chi connectivity index (χ1n) is 7.66. The van der Waals surface area contributed by atoms with E-state index in [9.17, 15) is 18.5 Å². The zero-order valence-electron chi connectivity index (χ0n) is 13.3. The molecule has 1 aromatic rings. The summed E-state index contributed by atoms with van der Waals surface area (Å²) in [5.41, 5.74) is 0.142. The summed E-state index contributed by atoms with van der Waals surface area (Å²) in [5, 5.41) is 13.7. The van der Waals surface area contributed by atoms with Crippen molar-refractivity contribution in [3.63, 3.8) is 0 Å². The van der Waals surface area contributed by atoms with Crippen LogP contribution in [0.4, 0.5) is 11.4 Å². The van der Waals surface area contributed by atoms with Gasteiger partial charge in [-0.15, -0.1) is 0 Å². The molecule has 1 aromatic carbocycles. The largest absolute Gasteiger partial charge is 0.381 e. The number of nitrogens with zero attached hydrogens (tertiary/aromatic N) is 1. The number of sulfone groups is 1. The highest BCUT2D eigenvalue weighted by atomic mass is 32.2. The molecule has 1 aliphatic heterocycles. The Labute approximate surface area is 136 Å². The third-order valence-electron chi connectivity index (χ3n) is 4.04. The molecule has 0 unspecified atom stereocenters. The lowest BCUT2D eigenvalue weighted by Crippen LogP contribution is -2.23. The van der Waals surface area contributed by atoms with Crippen LogP contribution < -0.4 is 5.32 Å². The minimum Gasteiger partial charge on any atom is -0.381 e. The minimum absolute atomic E-state index is 0.0178. The lowest BCUT2D eigenvalue weighted by atomic mass is 10.0. The first-order chi connectivity index (χ1) is 10.8. The molecule has 128 valence electrons. The van der Waals surface area contributed by atoms with Gasteiger partial charge in [0, 0.05) is 25.8 Å². The first kappa shape index (κ1) is 17.7. The Balaban J connectivity index is 2.21. The monoisotopic (exact) mass is 342 g/mol. The number of nitrogens with one attached hydrogen (secondary N) is 1. The highest BCUT2D eigenvalue weighted by molar-refractivity contribution is 7.92. The van der Waals surface area contributed by atoms with Crippen LogP contribution in [0.5, 0.6) is 0 Å². The Bertz CT molecular complexity index is 666. The number of hydrogen-bond acceptors (Lipinski definition) is 6. The molecule has 1 heterocycles. The smallest absolute Gasteiger partial charge is 0.293 e. The summed E-state index contributed by atoms with van der Waals surface area (Å²) in [6.45, 7) is 5.14. The molecular formula is C15H22N2O5S. The predicted molar refractivity (Wildman–Crippen MR) is 87.5 cm³/mol. The van der Waals surface area contributed by atoms with E-state index in [2.05, 4.69) is 5.32 Å². The Morgan fingerprint density at radius 3 is 2.57 bits per heavy atom. The summed E-state index contributed by atoms with van der Waals surface area (Å²) >= 11 is 0. The Kier molecular flexibility index (Phi) is 5.59. The third kappa shape index (κ3) is 4.20. The lowest BCUT2D eigenvalue weighted by Gasteiger charge is -2.22. The molecule has 1 fully saturated rings. The summed E-state index contributed by atoms with van der Waals surface area (Å²) in [7, 11) is -3.53. The van der Waals surface area contributed by atoms with Crippen molar-refractivity contribution in [2.24, 2.45) is 5.92 Å². The predicted octanol–water partition coefficient (Wildman–Crippen LogP) is 2.62. The molecule has 8 heteroatoms. The van der Waals surface area contributed by atoms with E-state index < -0.39 is 20.0 Å². The number of benzene rings is 1. The van der Waals surface area contributed by atoms with Crippen LogP contribution in [0.1, 0.15) is 26.7 Å². The zero-order chi connectivity index (χ0) is 17.0. The van der Waals surface area contributed by atoms with Gasteiger partial charge in [0.1, 0.15) is 5.69 Å². The van der Waals surface area contributed by atoms with E-state index in [0.29, 0.717) is 31.4 Å². The number of nitro benzene ring substituents is 1. The number of rotatable bonds is 6. The molecule has 1 N–H and O–H groups in total. The van der Waals surface area contributed by atoms with Crippen LogP contribution >= 0.6 is 0 Å². The van der Waals surface area contributed by atoms with Crippen molar-refractivity contribution in [3.8, 4) is 0 Å². The maximum absolute atomic E-state index is 12.2. The molecule has 0 atom stereocenters. The average molecular weight is 342 g/mol. The Morgan fingerprint density at radius 1 is 1.35 bits per heavy atom. The highest BCUT2D eigenvalue weighted by Gasteiger charge is 2.24. The second-order valence-corrected chi connectivity index (χ2v) is 8.47. The quantitative estimate of drug-likeness (QED) is 0.630. The van der Waals surface area contributed by atoms with Crippen LogP contribution in [0.3, 0.4) is 0 Å². The molecule has 0 bridgehead atoms. The van der Waals surface area contributed by atoms with E-state index in [1.54, 1.807) is 13.8 Å². The summed E-state index contributed by atoms with van der Waals surface area (Å²) < 4.78 is 29.6. The second-order valence-electron chi connectivity index (χ2n) is 5.97. The van der Waals surface area contributed by atoms with Crippen LogP contribution in [-0.2, 0) is 14.6 Å². The topological polar surface area (TPSA) is 98.5 Å². The van der Waals surface area contributed by atoms with Gasteiger partial charge < -0.3 is 10.1 Å². The third-order valence-corrected chi connectivity index (χ3v) is 6.19. The van der Waals surface area contributed by atoms with Gasteiger partial charge in [-0.3, -0.25) is 10.1 Å². The SMILES string of the molecule is CC(C)S(=O)(=O)c1ccc(NCC2CCOCC2)c([N+](=O)[O-])c1. The van der Waals surface area contributed by atoms with Crippen LogP contribution in [-0.4, -0.2) is 38.3 Å². The van der Waals surface area contributed by atoms with Crippen molar-refractivity contribution in [2.75, 3.05) is 25.1 Å². The lowest BCUT2D eigenvalue weighted by molar-refractivity contribution is -0.384. The molecule has 0 spiro atoms. The first-order valence-corrected chi connectivity index (χ1v) is 9.21. The Hall–Kier alpha value is -1.67. The standard InChI is InChI=1S/C15H22N2O5S/c1-11(2)23(20,21)13-3-4-14(15(9-13)17(18)19)16-10-12-5-7-22-8-6-12/h3-4,9,11-12,16H,5-8,10H2,1-2H3. The van der Waals surface area contributed by atoms with Crippen LogP contribution in [0.25, 0.3) is 0 Å². The van der Waals surface area contributed by atoms with Crippen molar-refractivity contribution in [1.82, 2.24) is 0 Å². The van der Waals surface area contributed by atoms with Crippen molar-refractivity contribution < 1.29 is 18.1 Å². The van der Waals surface area contributed by atoms with Crippen LogP contribution in [0.2, 0.25) is 0 Å². The normalized spacial score (nSPS) is 16.5. The van der Waals surface area contributed by atoms with Gasteiger partial charge in [0.2, 0.25) is 0 Å². The maximum atomic E-state index is 12.2. The summed E-state index contributed by atoms with van der Waals surface area (Å²) in [6.07, 6.45) is 1.83. The molecule has 1 aliphatic rings. The second kappa shape index (κ2) is 7.27. The van der Waals surface area contributed by atoms with Gasteiger partial charge in [-0.05, 0) is 44.7 Å². The molecule has 0 aromatic heterocycles. The molecule has 0 radical (unpaired) electrons. The van der Waals surface area contributed by atoms with E-state index in [1.165, 1.54) is 12.1 Å². The number of ether oxygens (including phenoxy) is 1. The maximum Gasteiger partial charge on any atom is 0.293 e. The highest BCUT2D eigenvalue weighted by Crippen LogP contribution is 2.29. The van der Waals surface area contributed by atoms with Crippen LogP contribution in [0, 0.1) is 16.0 Å². The van der Waals surface area contributed by atoms with Crippen LogP contribution in [0.15, 0.2) is 23.1 Å². The van der Waals surface area contributed by atoms with Crippen molar-refractivity contribution >= 4 is 21.2 Å². The van der Waals surface area contributed by atoms with E-state index in [0.717, 1.165) is 18.9 Å². The molecular weight excluding hydrogens is 320 g/mol. The molecule has 0 aliphatic carbocycles. The van der Waals surface area contributed by atoms with Crippen molar-refractivity contribution in [3.05, 3.63) is 28.3 Å². The molecule has 0 amide bonds. The summed E-state index contributed by atoms with van der Waals surface area (Å²) in [5.74, 6) is 0.405.